The van der Waals surface area contributed by atoms with E-state index in [4.69, 9.17) is 0 Å². The normalized spacial score (nSPS) is 12.1. The molecule has 0 spiro atoms. The molecule has 0 saturated carbocycles. The van der Waals surface area contributed by atoms with Gasteiger partial charge in [0.2, 0.25) is 0 Å². The zero-order chi connectivity index (χ0) is 10.7. The van der Waals surface area contributed by atoms with E-state index in [-0.39, 0.29) is 11.4 Å². The van der Waals surface area contributed by atoms with Crippen LogP contribution in [0.5, 0.6) is 0 Å². The first-order valence-corrected chi connectivity index (χ1v) is 4.60. The van der Waals surface area contributed by atoms with Gasteiger partial charge in [0.05, 0.1) is 10.8 Å². The molecule has 0 N–H and O–H groups in total. The summed E-state index contributed by atoms with van der Waals surface area (Å²) in [5, 5.41) is 10.6. The Kier molecular flexibility index (Phi) is 3.29. The van der Waals surface area contributed by atoms with Crippen molar-refractivity contribution in [2.75, 3.05) is 0 Å². The molecule has 0 aliphatic heterocycles. The minimum absolute atomic E-state index is 0.140. The summed E-state index contributed by atoms with van der Waals surface area (Å²) in [6.45, 7) is 1.57. The van der Waals surface area contributed by atoms with Gasteiger partial charge in [-0.2, -0.15) is 0 Å². The number of halogens is 1. The van der Waals surface area contributed by atoms with Crippen molar-refractivity contribution >= 4 is 27.9 Å². The fraction of sp³-hybridized carbons (Fsp3) is 0.250. The first-order valence-electron chi connectivity index (χ1n) is 3.81. The number of hydrogen-bond donors (Lipinski definition) is 0. The highest BCUT2D eigenvalue weighted by atomic mass is 79.9. The van der Waals surface area contributed by atoms with Crippen molar-refractivity contribution in [1.82, 2.24) is 4.98 Å². The molecule has 0 aliphatic rings. The van der Waals surface area contributed by atoms with Crippen LogP contribution in [-0.4, -0.2) is 16.2 Å². The SMILES string of the molecule is CC(C=O)c1ncc(Br)cc1[N+](=O)[O-]. The number of hydrogen-bond acceptors (Lipinski definition) is 4. The van der Waals surface area contributed by atoms with E-state index in [0.717, 1.165) is 0 Å². The maximum absolute atomic E-state index is 10.6. The summed E-state index contributed by atoms with van der Waals surface area (Å²) in [6, 6.07) is 1.34. The molecule has 0 aliphatic carbocycles. The van der Waals surface area contributed by atoms with Gasteiger partial charge in [-0.1, -0.05) is 0 Å². The largest absolute Gasteiger partial charge is 0.303 e. The summed E-state index contributed by atoms with van der Waals surface area (Å²) >= 11 is 3.08. The maximum atomic E-state index is 10.6. The van der Waals surface area contributed by atoms with Crippen LogP contribution in [0.25, 0.3) is 0 Å². The molecule has 74 valence electrons. The Hall–Kier alpha value is -1.30. The van der Waals surface area contributed by atoms with E-state index in [1.165, 1.54) is 12.3 Å². The predicted octanol–water partition coefficient (Wildman–Crippen LogP) is 2.05. The quantitative estimate of drug-likeness (QED) is 0.473. The second kappa shape index (κ2) is 4.28. The van der Waals surface area contributed by atoms with Gasteiger partial charge in [0, 0.05) is 16.7 Å². The Morgan fingerprint density at radius 3 is 2.86 bits per heavy atom. The highest BCUT2D eigenvalue weighted by Gasteiger charge is 2.20. The van der Waals surface area contributed by atoms with Gasteiger partial charge in [0.1, 0.15) is 12.0 Å². The minimum atomic E-state index is -0.566. The van der Waals surface area contributed by atoms with Gasteiger partial charge in [-0.25, -0.2) is 0 Å². The Morgan fingerprint density at radius 2 is 2.36 bits per heavy atom. The standard InChI is InChI=1S/C8H7BrN2O3/c1-5(4-12)8-7(11(13)14)2-6(9)3-10-8/h2-5H,1H3. The molecule has 1 aromatic heterocycles. The van der Waals surface area contributed by atoms with Crippen LogP contribution in [0.1, 0.15) is 18.5 Å². The molecule has 0 saturated heterocycles. The third-order valence-corrected chi connectivity index (χ3v) is 2.13. The summed E-state index contributed by atoms with van der Waals surface area (Å²) in [7, 11) is 0. The van der Waals surface area contributed by atoms with E-state index >= 15 is 0 Å². The monoisotopic (exact) mass is 258 g/mol. The molecule has 0 fully saturated rings. The van der Waals surface area contributed by atoms with E-state index in [9.17, 15) is 14.9 Å². The van der Waals surface area contributed by atoms with Crippen molar-refractivity contribution in [2.45, 2.75) is 12.8 Å². The molecule has 0 radical (unpaired) electrons. The molecule has 0 bridgehead atoms. The topological polar surface area (TPSA) is 73.1 Å². The Bertz CT molecular complexity index is 381. The molecule has 6 heteroatoms. The fourth-order valence-corrected chi connectivity index (χ4v) is 1.32. The highest BCUT2D eigenvalue weighted by Crippen LogP contribution is 2.25. The Labute approximate surface area is 88.4 Å². The zero-order valence-corrected chi connectivity index (χ0v) is 8.89. The summed E-state index contributed by atoms with van der Waals surface area (Å²) in [5.74, 6) is -0.566. The lowest BCUT2D eigenvalue weighted by Crippen LogP contribution is -2.03. The minimum Gasteiger partial charge on any atom is -0.303 e. The van der Waals surface area contributed by atoms with Gasteiger partial charge in [0.15, 0.2) is 0 Å². The summed E-state index contributed by atoms with van der Waals surface area (Å²) in [6.07, 6.45) is 2.06. The van der Waals surface area contributed by atoms with Crippen LogP contribution in [0.3, 0.4) is 0 Å². The predicted molar refractivity (Wildman–Crippen MR) is 53.1 cm³/mol. The second-order valence-electron chi connectivity index (χ2n) is 2.74. The number of aldehydes is 1. The van der Waals surface area contributed by atoms with E-state index < -0.39 is 10.8 Å². The highest BCUT2D eigenvalue weighted by molar-refractivity contribution is 9.10. The van der Waals surface area contributed by atoms with Crippen molar-refractivity contribution in [1.29, 1.82) is 0 Å². The summed E-state index contributed by atoms with van der Waals surface area (Å²) in [5.41, 5.74) is 0.0483. The number of carbonyl (C=O) groups is 1. The van der Waals surface area contributed by atoms with Gasteiger partial charge >= 0.3 is 0 Å². The number of nitrogens with zero attached hydrogens (tertiary/aromatic N) is 2. The molecule has 1 unspecified atom stereocenters. The Morgan fingerprint density at radius 1 is 1.71 bits per heavy atom. The number of rotatable bonds is 3. The van der Waals surface area contributed by atoms with Crippen molar-refractivity contribution in [2.24, 2.45) is 0 Å². The van der Waals surface area contributed by atoms with E-state index in [1.807, 2.05) is 0 Å². The van der Waals surface area contributed by atoms with Gasteiger partial charge in [-0.05, 0) is 22.9 Å². The summed E-state index contributed by atoms with van der Waals surface area (Å²) < 4.78 is 0.519. The molecule has 1 rings (SSSR count). The average molecular weight is 259 g/mol. The Balaban J connectivity index is 3.28. The van der Waals surface area contributed by atoms with E-state index in [1.54, 1.807) is 6.92 Å². The van der Waals surface area contributed by atoms with Crippen LogP contribution in [0, 0.1) is 10.1 Å². The summed E-state index contributed by atoms with van der Waals surface area (Å²) in [4.78, 5) is 24.4. The van der Waals surface area contributed by atoms with Gasteiger partial charge in [0.25, 0.3) is 5.69 Å². The van der Waals surface area contributed by atoms with Crippen molar-refractivity contribution in [3.05, 3.63) is 32.5 Å². The molecular formula is C8H7BrN2O3. The fourth-order valence-electron chi connectivity index (χ4n) is 1.00. The number of aromatic nitrogens is 1. The number of carbonyl (C=O) groups excluding carboxylic acids is 1. The van der Waals surface area contributed by atoms with Crippen LogP contribution in [0.15, 0.2) is 16.7 Å². The maximum Gasteiger partial charge on any atom is 0.292 e. The van der Waals surface area contributed by atoms with Crippen LogP contribution < -0.4 is 0 Å². The zero-order valence-electron chi connectivity index (χ0n) is 7.31. The van der Waals surface area contributed by atoms with Crippen molar-refractivity contribution < 1.29 is 9.72 Å². The third kappa shape index (κ3) is 2.14. The van der Waals surface area contributed by atoms with E-state index in [0.29, 0.717) is 10.8 Å². The third-order valence-electron chi connectivity index (χ3n) is 1.70. The number of nitro groups is 1. The molecule has 14 heavy (non-hydrogen) atoms. The average Bonchev–Trinajstić information content (AvgIpc) is 2.16. The molecule has 1 atom stereocenters. The van der Waals surface area contributed by atoms with E-state index in [2.05, 4.69) is 20.9 Å². The van der Waals surface area contributed by atoms with Crippen LogP contribution in [0.4, 0.5) is 5.69 Å². The van der Waals surface area contributed by atoms with Crippen molar-refractivity contribution in [3.63, 3.8) is 0 Å². The first kappa shape index (κ1) is 10.8. The second-order valence-corrected chi connectivity index (χ2v) is 3.66. The lowest BCUT2D eigenvalue weighted by Gasteiger charge is -2.03. The van der Waals surface area contributed by atoms with Crippen LogP contribution in [0.2, 0.25) is 0 Å². The molecule has 0 aromatic carbocycles. The van der Waals surface area contributed by atoms with Gasteiger partial charge < -0.3 is 4.79 Å². The van der Waals surface area contributed by atoms with Crippen molar-refractivity contribution in [3.8, 4) is 0 Å². The van der Waals surface area contributed by atoms with Crippen LogP contribution >= 0.6 is 15.9 Å². The van der Waals surface area contributed by atoms with Crippen LogP contribution in [-0.2, 0) is 4.79 Å². The first-order chi connectivity index (χ1) is 6.56. The lowest BCUT2D eigenvalue weighted by atomic mass is 10.1. The molecule has 1 aromatic rings. The molecule has 0 amide bonds. The van der Waals surface area contributed by atoms with Gasteiger partial charge in [-0.3, -0.25) is 15.1 Å². The molecular weight excluding hydrogens is 252 g/mol. The lowest BCUT2D eigenvalue weighted by molar-refractivity contribution is -0.386. The number of pyridine rings is 1. The smallest absolute Gasteiger partial charge is 0.292 e. The van der Waals surface area contributed by atoms with Gasteiger partial charge in [-0.15, -0.1) is 0 Å². The molecule has 5 nitrogen and oxygen atoms in total. The molecule has 1 heterocycles.